The fourth-order valence-electron chi connectivity index (χ4n) is 2.91. The van der Waals surface area contributed by atoms with Gasteiger partial charge >= 0.3 is 0 Å². The highest BCUT2D eigenvalue weighted by molar-refractivity contribution is 7.18. The van der Waals surface area contributed by atoms with Gasteiger partial charge in [0.2, 0.25) is 0 Å². The molecule has 2 atom stereocenters. The van der Waals surface area contributed by atoms with Gasteiger partial charge in [0, 0.05) is 28.4 Å². The zero-order valence-corrected chi connectivity index (χ0v) is 11.2. The van der Waals surface area contributed by atoms with E-state index in [9.17, 15) is 0 Å². The first-order valence-corrected chi connectivity index (χ1v) is 7.19. The van der Waals surface area contributed by atoms with Gasteiger partial charge in [0.05, 0.1) is 0 Å². The Morgan fingerprint density at radius 2 is 2.41 bits per heavy atom. The summed E-state index contributed by atoms with van der Waals surface area (Å²) >= 11 is 1.87. The maximum absolute atomic E-state index is 4.44. The molecule has 1 saturated heterocycles. The van der Waals surface area contributed by atoms with Crippen LogP contribution in [0.3, 0.4) is 0 Å². The first-order valence-electron chi connectivity index (χ1n) is 6.38. The van der Waals surface area contributed by atoms with Gasteiger partial charge in [-0.1, -0.05) is 13.0 Å². The number of likely N-dealkylation sites (N-methyl/N-ethyl adjacent to an activating group) is 1. The molecule has 0 saturated carbocycles. The maximum atomic E-state index is 4.44. The standard InChI is InChI=1S/C14H18N2S/c1-3-16-8-6-12(10(16)2)13-9-11-5-4-7-15-14(11)17-13/h4-5,7,9-10,12H,3,6,8H2,1-2H3. The molecule has 0 bridgehead atoms. The molecule has 90 valence electrons. The van der Waals surface area contributed by atoms with Gasteiger partial charge in [-0.05, 0) is 38.6 Å². The highest BCUT2D eigenvalue weighted by atomic mass is 32.1. The fourth-order valence-corrected chi connectivity index (χ4v) is 4.14. The summed E-state index contributed by atoms with van der Waals surface area (Å²) in [5, 5.41) is 1.30. The summed E-state index contributed by atoms with van der Waals surface area (Å²) in [5.74, 6) is 0.703. The van der Waals surface area contributed by atoms with Gasteiger partial charge in [-0.25, -0.2) is 4.98 Å². The molecule has 2 nitrogen and oxygen atoms in total. The normalized spacial score (nSPS) is 25.8. The molecule has 0 aliphatic carbocycles. The predicted octanol–water partition coefficient (Wildman–Crippen LogP) is 3.49. The lowest BCUT2D eigenvalue weighted by Gasteiger charge is -2.22. The van der Waals surface area contributed by atoms with Crippen LogP contribution in [-0.4, -0.2) is 29.0 Å². The number of aromatic nitrogens is 1. The number of fused-ring (bicyclic) bond motifs is 1. The Hall–Kier alpha value is -0.930. The van der Waals surface area contributed by atoms with E-state index in [0.29, 0.717) is 12.0 Å². The summed E-state index contributed by atoms with van der Waals surface area (Å²) in [4.78, 5) is 9.72. The Morgan fingerprint density at radius 3 is 3.12 bits per heavy atom. The Bertz CT molecular complexity index is 487. The second kappa shape index (κ2) is 4.39. The minimum Gasteiger partial charge on any atom is -0.300 e. The summed E-state index contributed by atoms with van der Waals surface area (Å²) in [6.07, 6.45) is 3.18. The van der Waals surface area contributed by atoms with E-state index in [-0.39, 0.29) is 0 Å². The number of pyridine rings is 1. The van der Waals surface area contributed by atoms with E-state index in [4.69, 9.17) is 0 Å². The maximum Gasteiger partial charge on any atom is 0.123 e. The Labute approximate surface area is 106 Å². The summed E-state index contributed by atoms with van der Waals surface area (Å²) < 4.78 is 0. The Morgan fingerprint density at radius 1 is 1.53 bits per heavy atom. The number of hydrogen-bond donors (Lipinski definition) is 0. The number of thiophene rings is 1. The molecule has 0 aromatic carbocycles. The van der Waals surface area contributed by atoms with Crippen LogP contribution in [0.5, 0.6) is 0 Å². The van der Waals surface area contributed by atoms with Crippen LogP contribution >= 0.6 is 11.3 Å². The van der Waals surface area contributed by atoms with Gasteiger partial charge in [0.1, 0.15) is 4.83 Å². The van der Waals surface area contributed by atoms with Crippen molar-refractivity contribution in [3.05, 3.63) is 29.3 Å². The third kappa shape index (κ3) is 1.87. The quantitative estimate of drug-likeness (QED) is 0.806. The largest absolute Gasteiger partial charge is 0.300 e. The van der Waals surface area contributed by atoms with Crippen LogP contribution in [0.25, 0.3) is 10.2 Å². The van der Waals surface area contributed by atoms with Gasteiger partial charge in [-0.15, -0.1) is 11.3 Å². The molecule has 3 heteroatoms. The van der Waals surface area contributed by atoms with Crippen LogP contribution in [0.1, 0.15) is 31.1 Å². The molecule has 2 unspecified atom stereocenters. The monoisotopic (exact) mass is 246 g/mol. The second-order valence-corrected chi connectivity index (χ2v) is 5.87. The van der Waals surface area contributed by atoms with E-state index in [1.165, 1.54) is 34.6 Å². The summed E-state index contributed by atoms with van der Waals surface area (Å²) in [6, 6.07) is 7.20. The number of hydrogen-bond acceptors (Lipinski definition) is 3. The molecule has 3 rings (SSSR count). The fraction of sp³-hybridized carbons (Fsp3) is 0.500. The van der Waals surface area contributed by atoms with Gasteiger partial charge in [0.15, 0.2) is 0 Å². The minimum absolute atomic E-state index is 0.674. The summed E-state index contributed by atoms with van der Waals surface area (Å²) in [5.41, 5.74) is 0. The van der Waals surface area contributed by atoms with Crippen LogP contribution in [0.2, 0.25) is 0 Å². The van der Waals surface area contributed by atoms with Crippen molar-refractivity contribution in [2.75, 3.05) is 13.1 Å². The molecule has 1 aliphatic rings. The van der Waals surface area contributed by atoms with Gasteiger partial charge in [-0.2, -0.15) is 0 Å². The van der Waals surface area contributed by atoms with Gasteiger partial charge < -0.3 is 4.90 Å². The number of rotatable bonds is 2. The van der Waals surface area contributed by atoms with Crippen LogP contribution in [0, 0.1) is 0 Å². The van der Waals surface area contributed by atoms with Crippen LogP contribution in [0.15, 0.2) is 24.4 Å². The van der Waals surface area contributed by atoms with E-state index in [2.05, 4.69) is 35.9 Å². The van der Waals surface area contributed by atoms with Crippen molar-refractivity contribution in [3.8, 4) is 0 Å². The lowest BCUT2D eigenvalue weighted by molar-refractivity contribution is 0.274. The summed E-state index contributed by atoms with van der Waals surface area (Å²) in [7, 11) is 0. The van der Waals surface area contributed by atoms with E-state index in [0.717, 1.165) is 0 Å². The average Bonchev–Trinajstić information content (AvgIpc) is 2.91. The average molecular weight is 246 g/mol. The van der Waals surface area contributed by atoms with E-state index < -0.39 is 0 Å². The number of nitrogens with zero attached hydrogens (tertiary/aromatic N) is 2. The van der Waals surface area contributed by atoms with Crippen LogP contribution in [0.4, 0.5) is 0 Å². The molecule has 0 spiro atoms. The van der Waals surface area contributed by atoms with Gasteiger partial charge in [-0.3, -0.25) is 0 Å². The van der Waals surface area contributed by atoms with Crippen LogP contribution < -0.4 is 0 Å². The Kier molecular flexibility index (Phi) is 2.89. The Balaban J connectivity index is 1.94. The van der Waals surface area contributed by atoms with E-state index in [1.807, 2.05) is 23.6 Å². The van der Waals surface area contributed by atoms with Crippen molar-refractivity contribution < 1.29 is 0 Å². The van der Waals surface area contributed by atoms with Crippen molar-refractivity contribution in [2.45, 2.75) is 32.2 Å². The van der Waals surface area contributed by atoms with Crippen molar-refractivity contribution in [3.63, 3.8) is 0 Å². The predicted molar refractivity (Wildman–Crippen MR) is 73.7 cm³/mol. The highest BCUT2D eigenvalue weighted by Gasteiger charge is 2.31. The minimum atomic E-state index is 0.674. The zero-order valence-electron chi connectivity index (χ0n) is 10.4. The molecule has 3 heterocycles. The highest BCUT2D eigenvalue weighted by Crippen LogP contribution is 2.38. The van der Waals surface area contributed by atoms with Crippen molar-refractivity contribution in [1.82, 2.24) is 9.88 Å². The molecule has 0 radical (unpaired) electrons. The van der Waals surface area contributed by atoms with Gasteiger partial charge in [0.25, 0.3) is 0 Å². The molecular weight excluding hydrogens is 228 g/mol. The van der Waals surface area contributed by atoms with Crippen LogP contribution in [-0.2, 0) is 0 Å². The first kappa shape index (κ1) is 11.2. The van der Waals surface area contributed by atoms with Crippen molar-refractivity contribution in [1.29, 1.82) is 0 Å². The molecule has 2 aromatic rings. The topological polar surface area (TPSA) is 16.1 Å². The number of likely N-dealkylation sites (tertiary alicyclic amines) is 1. The van der Waals surface area contributed by atoms with Crippen molar-refractivity contribution >= 4 is 21.6 Å². The second-order valence-electron chi connectivity index (χ2n) is 4.81. The first-order chi connectivity index (χ1) is 8.29. The molecule has 2 aromatic heterocycles. The van der Waals surface area contributed by atoms with E-state index in [1.54, 1.807) is 0 Å². The molecule has 0 amide bonds. The molecular formula is C14H18N2S. The SMILES string of the molecule is CCN1CCC(c2cc3cccnc3s2)C1C. The zero-order chi connectivity index (χ0) is 11.8. The van der Waals surface area contributed by atoms with E-state index >= 15 is 0 Å². The molecule has 1 aliphatic heterocycles. The molecule has 1 fully saturated rings. The smallest absolute Gasteiger partial charge is 0.123 e. The molecule has 0 N–H and O–H groups in total. The third-order valence-electron chi connectivity index (χ3n) is 3.97. The lowest BCUT2D eigenvalue weighted by atomic mass is 10.00. The molecule has 17 heavy (non-hydrogen) atoms. The third-order valence-corrected chi connectivity index (χ3v) is 5.16. The lowest BCUT2D eigenvalue weighted by Crippen LogP contribution is -2.28. The van der Waals surface area contributed by atoms with Crippen molar-refractivity contribution in [2.24, 2.45) is 0 Å². The summed E-state index contributed by atoms with van der Waals surface area (Å²) in [6.45, 7) is 7.02.